The second-order valence-electron chi connectivity index (χ2n) is 12.2. The molecule has 8 nitrogen and oxygen atoms in total. The van der Waals surface area contributed by atoms with E-state index in [1.807, 2.05) is 34.1 Å². The maximum atomic E-state index is 12.6. The summed E-state index contributed by atoms with van der Waals surface area (Å²) in [6, 6.07) is -0.851. The second-order valence-corrected chi connectivity index (χ2v) is 13.6. The van der Waals surface area contributed by atoms with Gasteiger partial charge in [-0.25, -0.2) is 4.57 Å². The molecule has 0 aromatic rings. The van der Waals surface area contributed by atoms with E-state index in [2.05, 4.69) is 60.8 Å². The first kappa shape index (κ1) is 42.2. The van der Waals surface area contributed by atoms with Crippen LogP contribution in [0.5, 0.6) is 0 Å². The predicted molar refractivity (Wildman–Crippen MR) is 184 cm³/mol. The van der Waals surface area contributed by atoms with Gasteiger partial charge in [0.1, 0.15) is 13.2 Å². The predicted octanol–water partition coefficient (Wildman–Crippen LogP) is 7.95. The quantitative estimate of drug-likeness (QED) is 0.0347. The highest BCUT2D eigenvalue weighted by Crippen LogP contribution is 2.43. The van der Waals surface area contributed by atoms with Crippen LogP contribution in [0.4, 0.5) is 0 Å². The maximum Gasteiger partial charge on any atom is 0.472 e. The van der Waals surface area contributed by atoms with Gasteiger partial charge in [0.25, 0.3) is 0 Å². The van der Waals surface area contributed by atoms with E-state index in [4.69, 9.17) is 9.05 Å². The highest BCUT2D eigenvalue weighted by molar-refractivity contribution is 7.47. The van der Waals surface area contributed by atoms with E-state index in [1.165, 1.54) is 12.8 Å². The monoisotopic (exact) mass is 639 g/mol. The summed E-state index contributed by atoms with van der Waals surface area (Å²) < 4.78 is 23.1. The number of quaternary nitrogens is 1. The van der Waals surface area contributed by atoms with E-state index >= 15 is 0 Å². The summed E-state index contributed by atoms with van der Waals surface area (Å²) >= 11 is 0. The molecule has 3 N–H and O–H groups in total. The number of likely N-dealkylation sites (N-methyl/N-ethyl adjacent to an activating group) is 1. The molecule has 44 heavy (non-hydrogen) atoms. The molecule has 0 saturated heterocycles. The Bertz CT molecular complexity index is 907. The number of hydrogen-bond acceptors (Lipinski definition) is 5. The van der Waals surface area contributed by atoms with E-state index in [-0.39, 0.29) is 19.1 Å². The van der Waals surface area contributed by atoms with Crippen LogP contribution in [0.15, 0.2) is 60.8 Å². The summed E-state index contributed by atoms with van der Waals surface area (Å²) in [5.41, 5.74) is 0. The molecule has 1 amide bonds. The zero-order valence-corrected chi connectivity index (χ0v) is 29.3. The van der Waals surface area contributed by atoms with Gasteiger partial charge in [-0.3, -0.25) is 13.8 Å². The highest BCUT2D eigenvalue weighted by atomic mass is 31.2. The lowest BCUT2D eigenvalue weighted by atomic mass is 10.1. The number of hydrogen-bond donors (Lipinski definition) is 3. The van der Waals surface area contributed by atoms with Crippen LogP contribution in [-0.2, 0) is 18.4 Å². The second kappa shape index (κ2) is 27.5. The summed E-state index contributed by atoms with van der Waals surface area (Å²) in [6.07, 6.45) is 33.6. The molecule has 0 fully saturated rings. The molecule has 0 bridgehead atoms. The van der Waals surface area contributed by atoms with Crippen molar-refractivity contribution in [2.24, 2.45) is 0 Å². The van der Waals surface area contributed by atoms with Crippen molar-refractivity contribution in [3.05, 3.63) is 60.8 Å². The van der Waals surface area contributed by atoms with Crippen molar-refractivity contribution in [3.63, 3.8) is 0 Å². The van der Waals surface area contributed by atoms with Gasteiger partial charge in [0, 0.05) is 6.42 Å². The van der Waals surface area contributed by atoms with Gasteiger partial charge in [-0.1, -0.05) is 107 Å². The van der Waals surface area contributed by atoms with Gasteiger partial charge in [-0.15, -0.1) is 0 Å². The molecular weight excluding hydrogens is 575 g/mol. The number of carbonyl (C=O) groups is 1. The van der Waals surface area contributed by atoms with E-state index in [0.717, 1.165) is 70.6 Å². The number of aliphatic hydroxyl groups is 1. The summed E-state index contributed by atoms with van der Waals surface area (Å²) in [4.78, 5) is 22.6. The van der Waals surface area contributed by atoms with E-state index < -0.39 is 20.0 Å². The SMILES string of the molecule is CC/C=C\C/C=C\C/C=C\C/C=C\CCCCCCCCC(=O)NC(COP(=O)(O)OCC[N+](C)(C)C)C(O)/C=C/CCC. The van der Waals surface area contributed by atoms with Gasteiger partial charge >= 0.3 is 7.82 Å². The van der Waals surface area contributed by atoms with Crippen LogP contribution < -0.4 is 5.32 Å². The van der Waals surface area contributed by atoms with Crippen molar-refractivity contribution in [3.8, 4) is 0 Å². The van der Waals surface area contributed by atoms with Crippen LogP contribution in [0, 0.1) is 0 Å². The first-order chi connectivity index (χ1) is 21.0. The number of nitrogens with one attached hydrogen (secondary N) is 1. The molecule has 3 unspecified atom stereocenters. The van der Waals surface area contributed by atoms with Gasteiger partial charge in [0.05, 0.1) is 39.9 Å². The van der Waals surface area contributed by atoms with Crippen LogP contribution in [0.3, 0.4) is 0 Å². The number of rotatable bonds is 28. The van der Waals surface area contributed by atoms with Gasteiger partial charge in [-0.2, -0.15) is 0 Å². The highest BCUT2D eigenvalue weighted by Gasteiger charge is 2.27. The minimum Gasteiger partial charge on any atom is -0.387 e. The van der Waals surface area contributed by atoms with Gasteiger partial charge < -0.3 is 19.8 Å². The Kier molecular flexibility index (Phi) is 26.4. The molecule has 0 radical (unpaired) electrons. The largest absolute Gasteiger partial charge is 0.472 e. The van der Waals surface area contributed by atoms with Crippen LogP contribution in [0.2, 0.25) is 0 Å². The first-order valence-corrected chi connectivity index (χ1v) is 18.2. The molecule has 0 aliphatic carbocycles. The molecule has 0 aromatic carbocycles. The lowest BCUT2D eigenvalue weighted by molar-refractivity contribution is -0.870. The van der Waals surface area contributed by atoms with Crippen molar-refractivity contribution < 1.29 is 32.9 Å². The van der Waals surface area contributed by atoms with Crippen molar-refractivity contribution in [1.82, 2.24) is 5.32 Å². The number of phosphoric acid groups is 1. The normalized spacial score (nSPS) is 15.7. The Morgan fingerprint density at radius 1 is 0.795 bits per heavy atom. The van der Waals surface area contributed by atoms with Crippen molar-refractivity contribution in [2.45, 2.75) is 116 Å². The van der Waals surface area contributed by atoms with E-state index in [9.17, 15) is 19.4 Å². The maximum absolute atomic E-state index is 12.6. The Morgan fingerprint density at radius 3 is 1.95 bits per heavy atom. The molecule has 0 rings (SSSR count). The Balaban J connectivity index is 4.22. The smallest absolute Gasteiger partial charge is 0.387 e. The minimum absolute atomic E-state index is 0.0533. The van der Waals surface area contributed by atoms with Crippen molar-refractivity contribution in [1.29, 1.82) is 0 Å². The fourth-order valence-corrected chi connectivity index (χ4v) is 4.77. The number of phosphoric ester groups is 1. The lowest BCUT2D eigenvalue weighted by Gasteiger charge is -2.25. The number of nitrogens with zero attached hydrogens (tertiary/aromatic N) is 1. The number of unbranched alkanes of at least 4 members (excludes halogenated alkanes) is 7. The molecule has 0 aromatic heterocycles. The third-order valence-corrected chi connectivity index (χ3v) is 7.71. The van der Waals surface area contributed by atoms with Gasteiger partial charge in [0.15, 0.2) is 0 Å². The fraction of sp³-hybridized carbons (Fsp3) is 0.686. The molecular formula is C35H64N2O6P+. The third-order valence-electron chi connectivity index (χ3n) is 6.72. The Labute approximate surface area is 269 Å². The summed E-state index contributed by atoms with van der Waals surface area (Å²) in [5.74, 6) is -0.209. The molecule has 9 heteroatoms. The number of carbonyl (C=O) groups excluding carboxylic acids is 1. The molecule has 0 spiro atoms. The standard InChI is InChI=1S/C35H63N2O6P/c1-6-8-10-11-12-13-14-15-16-17-18-19-20-21-22-23-24-25-27-29-35(39)36-33(34(38)28-26-9-7-2)32-43-44(40,41)42-31-30-37(3,4)5/h8,10,12-13,15-16,18-19,26,28,33-34,38H,6-7,9,11,14,17,20-25,27,29-32H2,1-5H3,(H-,36,39,40,41)/p+1/b10-8-,13-12-,16-15-,19-18-,28-26+. The zero-order chi connectivity index (χ0) is 32.9. The zero-order valence-electron chi connectivity index (χ0n) is 28.4. The Morgan fingerprint density at radius 2 is 1.36 bits per heavy atom. The average Bonchev–Trinajstić information content (AvgIpc) is 2.95. The van der Waals surface area contributed by atoms with Crippen molar-refractivity contribution in [2.75, 3.05) is 40.9 Å². The van der Waals surface area contributed by atoms with Crippen molar-refractivity contribution >= 4 is 13.7 Å². The molecule has 0 heterocycles. The topological polar surface area (TPSA) is 105 Å². The molecule has 0 aliphatic rings. The molecule has 0 saturated carbocycles. The van der Waals surface area contributed by atoms with Crippen LogP contribution >= 0.6 is 7.82 Å². The van der Waals surface area contributed by atoms with Crippen LogP contribution in [0.25, 0.3) is 0 Å². The third kappa shape index (κ3) is 28.9. The molecule has 254 valence electrons. The average molecular weight is 640 g/mol. The number of amides is 1. The summed E-state index contributed by atoms with van der Waals surface area (Å²) in [5, 5.41) is 13.4. The van der Waals surface area contributed by atoms with E-state index in [0.29, 0.717) is 17.4 Å². The molecule has 3 atom stereocenters. The minimum atomic E-state index is -4.31. The Hall–Kier alpha value is -1.80. The number of allylic oxidation sites excluding steroid dienone is 9. The van der Waals surface area contributed by atoms with Gasteiger partial charge in [-0.05, 0) is 51.4 Å². The van der Waals surface area contributed by atoms with Crippen LogP contribution in [-0.4, -0.2) is 73.4 Å². The first-order valence-electron chi connectivity index (χ1n) is 16.7. The van der Waals surface area contributed by atoms with Gasteiger partial charge in [0.2, 0.25) is 5.91 Å². The lowest BCUT2D eigenvalue weighted by Crippen LogP contribution is -2.45. The van der Waals surface area contributed by atoms with Crippen LogP contribution in [0.1, 0.15) is 104 Å². The number of aliphatic hydroxyl groups excluding tert-OH is 1. The summed E-state index contributed by atoms with van der Waals surface area (Å²) in [7, 11) is 1.54. The fourth-order valence-electron chi connectivity index (χ4n) is 4.04. The van der Waals surface area contributed by atoms with E-state index in [1.54, 1.807) is 6.08 Å². The summed E-state index contributed by atoms with van der Waals surface area (Å²) in [6.45, 7) is 4.43. The molecule has 0 aliphatic heterocycles.